The zero-order valence-electron chi connectivity index (χ0n) is 13.3. The van der Waals surface area contributed by atoms with Crippen LogP contribution in [0, 0.1) is 5.92 Å². The molecule has 0 aliphatic rings. The summed E-state index contributed by atoms with van der Waals surface area (Å²) in [5.41, 5.74) is 0. The summed E-state index contributed by atoms with van der Waals surface area (Å²) in [7, 11) is -3.66. The second-order valence-corrected chi connectivity index (χ2v) is 7.17. The van der Waals surface area contributed by atoms with Crippen LogP contribution in [-0.2, 0) is 24.4 Å². The molecule has 22 heavy (non-hydrogen) atoms. The fourth-order valence-electron chi connectivity index (χ4n) is 1.32. The number of carboxylic acid groups (broad SMARTS) is 1. The molecule has 0 saturated carbocycles. The van der Waals surface area contributed by atoms with Crippen molar-refractivity contribution in [3.05, 3.63) is 12.2 Å². The van der Waals surface area contributed by atoms with Gasteiger partial charge in [-0.3, -0.25) is 4.79 Å². The van der Waals surface area contributed by atoms with Gasteiger partial charge in [0.2, 0.25) is 0 Å². The third-order valence-electron chi connectivity index (χ3n) is 2.47. The summed E-state index contributed by atoms with van der Waals surface area (Å²) in [6, 6.07) is 0. The Morgan fingerprint density at radius 3 is 2.27 bits per heavy atom. The topological polar surface area (TPSA) is 118 Å². The van der Waals surface area contributed by atoms with E-state index < -0.39 is 28.0 Å². The molecule has 0 aromatic carbocycles. The Bertz CT molecular complexity index is 445. The van der Waals surface area contributed by atoms with Gasteiger partial charge in [-0.15, -0.1) is 0 Å². The standard InChI is InChI=1S/C10H16O4.C3H7O3S.Na/c1-3-5-8(10(12)13)7-14-9(11)6-4-2;1-2-3-7(4,5)6;/h4,6,8H,3,5,7H2,1-2H3,(H,12,13);1-3H2,(H,4,5,6);. The molecule has 0 heterocycles. The molecular weight excluding hydrogens is 323 g/mol. The molecule has 1 atom stereocenters. The summed E-state index contributed by atoms with van der Waals surface area (Å²) in [6.45, 7) is 3.54. The predicted molar refractivity (Wildman–Crippen MR) is 83.4 cm³/mol. The molecular formula is C13H23NaO7S. The fraction of sp³-hybridized carbons (Fsp3) is 0.692. The van der Waals surface area contributed by atoms with Crippen LogP contribution in [0.1, 0.15) is 33.1 Å². The molecule has 0 aliphatic carbocycles. The minimum absolute atomic E-state index is 0.0493. The van der Waals surface area contributed by atoms with E-state index in [1.165, 1.54) is 6.08 Å². The first-order chi connectivity index (χ1) is 10.2. The summed E-state index contributed by atoms with van der Waals surface area (Å²) in [6.07, 6.45) is 4.71. The Morgan fingerprint density at radius 2 is 1.95 bits per heavy atom. The normalized spacial score (nSPS) is 12.4. The van der Waals surface area contributed by atoms with E-state index in [1.54, 1.807) is 13.0 Å². The molecule has 0 rings (SSSR count). The first-order valence-electron chi connectivity index (χ1n) is 7.15. The second-order valence-electron chi connectivity index (χ2n) is 4.59. The van der Waals surface area contributed by atoms with Crippen molar-refractivity contribution >= 4 is 50.0 Å². The molecule has 0 fully saturated rings. The van der Waals surface area contributed by atoms with E-state index >= 15 is 0 Å². The van der Waals surface area contributed by atoms with Crippen molar-refractivity contribution in [2.45, 2.75) is 36.8 Å². The van der Waals surface area contributed by atoms with Crippen LogP contribution in [0.5, 0.6) is 0 Å². The quantitative estimate of drug-likeness (QED) is 0.281. The van der Waals surface area contributed by atoms with Crippen molar-refractivity contribution < 1.29 is 32.4 Å². The Kier molecular flexibility index (Phi) is 15.4. The van der Waals surface area contributed by atoms with Crippen LogP contribution < -0.4 is 0 Å². The summed E-state index contributed by atoms with van der Waals surface area (Å²) in [4.78, 5) is 21.5. The van der Waals surface area contributed by atoms with E-state index in [-0.39, 0.29) is 12.4 Å². The number of esters is 1. The van der Waals surface area contributed by atoms with Gasteiger partial charge in [-0.2, -0.15) is 0 Å². The Balaban J connectivity index is 0. The second kappa shape index (κ2) is 14.2. The predicted octanol–water partition coefficient (Wildman–Crippen LogP) is 1.46. The number of hydrogen-bond acceptors (Lipinski definition) is 5. The van der Waals surface area contributed by atoms with E-state index in [9.17, 15) is 18.0 Å². The molecule has 0 aromatic heterocycles. The fourth-order valence-corrected chi connectivity index (χ4v) is 2.84. The van der Waals surface area contributed by atoms with Crippen LogP contribution >= 0.6 is 0 Å². The minimum atomic E-state index is -3.66. The molecule has 0 aliphatic heterocycles. The summed E-state index contributed by atoms with van der Waals surface area (Å²) in [5.74, 6) is -2.07. The number of ether oxygens (including phenoxy) is 1. The molecule has 0 aromatic rings. The third-order valence-corrected chi connectivity index (χ3v) is 3.98. The van der Waals surface area contributed by atoms with E-state index in [2.05, 4.69) is 0 Å². The molecule has 7 nitrogen and oxygen atoms in total. The van der Waals surface area contributed by atoms with Gasteiger partial charge < -0.3 is 9.84 Å². The van der Waals surface area contributed by atoms with E-state index in [0.717, 1.165) is 38.0 Å². The zero-order chi connectivity index (χ0) is 17.6. The number of carbonyl (C=O) groups excluding carboxylic acids is 1. The number of carbonyl (C=O) groups is 2. The maximum absolute atomic E-state index is 10.9. The SMILES string of the molecule is CC=CC(=O)OCC(CCC)C(=O)O.O=S(=O)(O)CC[CH2][Na]. The first-order valence-corrected chi connectivity index (χ1v) is 10.2. The number of rotatable bonds is 9. The van der Waals surface area contributed by atoms with Gasteiger partial charge in [0.25, 0.3) is 0 Å². The van der Waals surface area contributed by atoms with Gasteiger partial charge in [0, 0.05) is 6.08 Å². The zero-order valence-corrected chi connectivity index (χ0v) is 16.1. The molecule has 124 valence electrons. The Labute approximate surface area is 149 Å². The molecule has 1 unspecified atom stereocenters. The summed E-state index contributed by atoms with van der Waals surface area (Å²) in [5, 5.41) is 8.74. The van der Waals surface area contributed by atoms with Gasteiger partial charge in [0.1, 0.15) is 6.61 Å². The van der Waals surface area contributed by atoms with E-state index in [0.29, 0.717) is 12.8 Å². The Hall–Kier alpha value is -0.410. The van der Waals surface area contributed by atoms with E-state index in [4.69, 9.17) is 14.4 Å². The summed E-state index contributed by atoms with van der Waals surface area (Å²) < 4.78 is 33.7. The van der Waals surface area contributed by atoms with Crippen LogP contribution in [-0.4, -0.2) is 70.3 Å². The van der Waals surface area contributed by atoms with Crippen LogP contribution in [0.25, 0.3) is 0 Å². The van der Waals surface area contributed by atoms with Gasteiger partial charge in [-0.05, 0) is 13.3 Å². The molecule has 0 radical (unpaired) electrons. The molecule has 2 N–H and O–H groups in total. The van der Waals surface area contributed by atoms with Crippen LogP contribution in [0.15, 0.2) is 12.2 Å². The summed E-state index contributed by atoms with van der Waals surface area (Å²) >= 11 is 1.01. The number of carboxylic acids is 1. The van der Waals surface area contributed by atoms with Gasteiger partial charge in [0.15, 0.2) is 0 Å². The molecule has 0 amide bonds. The van der Waals surface area contributed by atoms with Gasteiger partial charge in [0.05, 0.1) is 5.92 Å². The average molecular weight is 346 g/mol. The molecule has 9 heteroatoms. The number of hydrogen-bond donors (Lipinski definition) is 2. The van der Waals surface area contributed by atoms with E-state index in [1.807, 2.05) is 6.92 Å². The maximum atomic E-state index is 10.9. The van der Waals surface area contributed by atoms with Crippen molar-refractivity contribution in [1.82, 2.24) is 0 Å². The average Bonchev–Trinajstić information content (AvgIpc) is 2.41. The monoisotopic (exact) mass is 346 g/mol. The van der Waals surface area contributed by atoms with Crippen LogP contribution in [0.4, 0.5) is 0 Å². The van der Waals surface area contributed by atoms with Gasteiger partial charge in [-0.1, -0.05) is 19.4 Å². The van der Waals surface area contributed by atoms with Crippen molar-refractivity contribution in [2.24, 2.45) is 5.92 Å². The van der Waals surface area contributed by atoms with Crippen molar-refractivity contribution in [1.29, 1.82) is 0 Å². The Morgan fingerprint density at radius 1 is 1.36 bits per heavy atom. The van der Waals surface area contributed by atoms with Gasteiger partial charge in [-0.25, -0.2) is 4.79 Å². The first kappa shape index (κ1) is 23.9. The van der Waals surface area contributed by atoms with Crippen molar-refractivity contribution in [2.75, 3.05) is 12.4 Å². The van der Waals surface area contributed by atoms with Crippen molar-refractivity contribution in [3.8, 4) is 0 Å². The molecule has 0 spiro atoms. The molecule has 0 saturated heterocycles. The number of aliphatic carboxylic acids is 1. The van der Waals surface area contributed by atoms with Crippen molar-refractivity contribution in [3.63, 3.8) is 0 Å². The third kappa shape index (κ3) is 17.6. The van der Waals surface area contributed by atoms with Gasteiger partial charge >= 0.3 is 78.8 Å². The van der Waals surface area contributed by atoms with Crippen LogP contribution in [0.3, 0.4) is 0 Å². The number of allylic oxidation sites excluding steroid dienone is 1. The molecule has 0 bridgehead atoms. The van der Waals surface area contributed by atoms with Crippen LogP contribution in [0.2, 0.25) is 3.67 Å².